The van der Waals surface area contributed by atoms with Crippen molar-refractivity contribution < 1.29 is 13.2 Å². The first-order chi connectivity index (χ1) is 12.9. The number of carbonyl (C=O) groups excluding carboxylic acids is 1. The van der Waals surface area contributed by atoms with Crippen LogP contribution in [-0.4, -0.2) is 39.3 Å². The van der Waals surface area contributed by atoms with Crippen molar-refractivity contribution in [1.82, 2.24) is 19.7 Å². The van der Waals surface area contributed by atoms with E-state index in [-0.39, 0.29) is 10.8 Å². The SMILES string of the molecule is CC(C)S(=O)(=O)c1cnn(C(CC2CCCC2)C(=O)Nc2cnccn2)c1. The lowest BCUT2D eigenvalue weighted by molar-refractivity contribution is -0.120. The van der Waals surface area contributed by atoms with Gasteiger partial charge in [0.2, 0.25) is 5.91 Å². The van der Waals surface area contributed by atoms with Crippen molar-refractivity contribution in [3.63, 3.8) is 0 Å². The van der Waals surface area contributed by atoms with E-state index in [1.165, 1.54) is 35.7 Å². The summed E-state index contributed by atoms with van der Waals surface area (Å²) in [6.07, 6.45) is 12.4. The highest BCUT2D eigenvalue weighted by atomic mass is 32.2. The van der Waals surface area contributed by atoms with Crippen molar-refractivity contribution in [2.24, 2.45) is 5.92 Å². The number of sulfone groups is 1. The molecular weight excluding hydrogens is 366 g/mol. The molecule has 2 aromatic heterocycles. The van der Waals surface area contributed by atoms with Gasteiger partial charge in [-0.3, -0.25) is 14.5 Å². The van der Waals surface area contributed by atoms with E-state index in [4.69, 9.17) is 0 Å². The van der Waals surface area contributed by atoms with E-state index in [1.807, 2.05) is 0 Å². The Balaban J connectivity index is 1.85. The van der Waals surface area contributed by atoms with E-state index >= 15 is 0 Å². The maximum Gasteiger partial charge on any atom is 0.250 e. The van der Waals surface area contributed by atoms with Crippen LogP contribution >= 0.6 is 0 Å². The Kier molecular flexibility index (Phi) is 5.88. The van der Waals surface area contributed by atoms with Crippen molar-refractivity contribution in [3.05, 3.63) is 31.0 Å². The molecule has 0 radical (unpaired) electrons. The number of aromatic nitrogens is 4. The Hall–Kier alpha value is -2.29. The maximum atomic E-state index is 12.9. The van der Waals surface area contributed by atoms with Gasteiger partial charge in [-0.1, -0.05) is 25.7 Å². The molecule has 0 aliphatic heterocycles. The molecule has 1 aliphatic rings. The van der Waals surface area contributed by atoms with Gasteiger partial charge in [-0.15, -0.1) is 0 Å². The fraction of sp³-hybridized carbons (Fsp3) is 0.556. The van der Waals surface area contributed by atoms with Gasteiger partial charge in [-0.25, -0.2) is 13.4 Å². The Morgan fingerprint density at radius 3 is 2.63 bits per heavy atom. The van der Waals surface area contributed by atoms with Crippen LogP contribution in [0.15, 0.2) is 35.9 Å². The number of nitrogens with one attached hydrogen (secondary N) is 1. The molecule has 1 fully saturated rings. The van der Waals surface area contributed by atoms with Gasteiger partial charge in [0.1, 0.15) is 10.9 Å². The number of rotatable bonds is 7. The molecule has 1 N–H and O–H groups in total. The first-order valence-corrected chi connectivity index (χ1v) is 10.8. The van der Waals surface area contributed by atoms with Gasteiger partial charge in [0.25, 0.3) is 0 Å². The molecule has 2 heterocycles. The number of carbonyl (C=O) groups is 1. The highest BCUT2D eigenvalue weighted by molar-refractivity contribution is 7.92. The molecule has 0 aromatic carbocycles. The molecule has 0 bridgehead atoms. The quantitative estimate of drug-likeness (QED) is 0.777. The first-order valence-electron chi connectivity index (χ1n) is 9.23. The zero-order chi connectivity index (χ0) is 19.4. The van der Waals surface area contributed by atoms with E-state index in [0.717, 1.165) is 25.7 Å². The van der Waals surface area contributed by atoms with Crippen LogP contribution in [-0.2, 0) is 14.6 Å². The molecule has 1 aliphatic carbocycles. The highest BCUT2D eigenvalue weighted by Gasteiger charge is 2.29. The fourth-order valence-electron chi connectivity index (χ4n) is 3.38. The molecule has 146 valence electrons. The summed E-state index contributed by atoms with van der Waals surface area (Å²) >= 11 is 0. The Morgan fingerprint density at radius 1 is 1.26 bits per heavy atom. The molecule has 1 atom stereocenters. The third kappa shape index (κ3) is 4.52. The molecule has 1 saturated carbocycles. The van der Waals surface area contributed by atoms with Crippen LogP contribution in [0, 0.1) is 5.92 Å². The summed E-state index contributed by atoms with van der Waals surface area (Å²) in [7, 11) is -3.44. The minimum Gasteiger partial charge on any atom is -0.308 e. The minimum absolute atomic E-state index is 0.140. The van der Waals surface area contributed by atoms with E-state index < -0.39 is 21.1 Å². The third-order valence-corrected chi connectivity index (χ3v) is 7.10. The summed E-state index contributed by atoms with van der Waals surface area (Å²) in [4.78, 5) is 21.1. The van der Waals surface area contributed by atoms with E-state index in [2.05, 4.69) is 20.4 Å². The molecule has 3 rings (SSSR count). The predicted molar refractivity (Wildman–Crippen MR) is 101 cm³/mol. The molecule has 2 aromatic rings. The van der Waals surface area contributed by atoms with Crippen molar-refractivity contribution in [2.45, 2.75) is 62.1 Å². The van der Waals surface area contributed by atoms with Crippen LogP contribution in [0.5, 0.6) is 0 Å². The monoisotopic (exact) mass is 391 g/mol. The normalized spacial score (nSPS) is 16.6. The number of amides is 1. The summed E-state index contributed by atoms with van der Waals surface area (Å²) < 4.78 is 26.3. The molecule has 1 amide bonds. The minimum atomic E-state index is -3.44. The summed E-state index contributed by atoms with van der Waals surface area (Å²) in [5.41, 5.74) is 0. The van der Waals surface area contributed by atoms with Gasteiger partial charge < -0.3 is 5.32 Å². The number of hydrogen-bond acceptors (Lipinski definition) is 6. The van der Waals surface area contributed by atoms with Crippen molar-refractivity contribution >= 4 is 21.6 Å². The Labute approximate surface area is 159 Å². The highest BCUT2D eigenvalue weighted by Crippen LogP contribution is 2.32. The van der Waals surface area contributed by atoms with Crippen LogP contribution in [0.2, 0.25) is 0 Å². The van der Waals surface area contributed by atoms with Crippen molar-refractivity contribution in [2.75, 3.05) is 5.32 Å². The molecule has 8 nitrogen and oxygen atoms in total. The Morgan fingerprint density at radius 2 is 2.00 bits per heavy atom. The second kappa shape index (κ2) is 8.16. The van der Waals surface area contributed by atoms with E-state index in [1.54, 1.807) is 13.8 Å². The van der Waals surface area contributed by atoms with Crippen LogP contribution in [0.4, 0.5) is 5.82 Å². The molecule has 0 saturated heterocycles. The fourth-order valence-corrected chi connectivity index (χ4v) is 4.37. The van der Waals surface area contributed by atoms with E-state index in [9.17, 15) is 13.2 Å². The van der Waals surface area contributed by atoms with Crippen molar-refractivity contribution in [1.29, 1.82) is 0 Å². The van der Waals surface area contributed by atoms with Crippen molar-refractivity contribution in [3.8, 4) is 0 Å². The molecule has 9 heteroatoms. The molecule has 27 heavy (non-hydrogen) atoms. The second-order valence-corrected chi connectivity index (χ2v) is 9.74. The zero-order valence-electron chi connectivity index (χ0n) is 15.6. The third-order valence-electron chi connectivity index (χ3n) is 4.99. The summed E-state index contributed by atoms with van der Waals surface area (Å²) in [5, 5.41) is 6.43. The molecule has 1 unspecified atom stereocenters. The van der Waals surface area contributed by atoms with Gasteiger partial charge in [-0.2, -0.15) is 5.10 Å². The molecule has 0 spiro atoms. The van der Waals surface area contributed by atoms with Gasteiger partial charge in [0, 0.05) is 18.6 Å². The number of nitrogens with zero attached hydrogens (tertiary/aromatic N) is 4. The predicted octanol–water partition coefficient (Wildman–Crippen LogP) is 2.62. The van der Waals surface area contributed by atoms with Gasteiger partial charge in [-0.05, 0) is 26.2 Å². The van der Waals surface area contributed by atoms with Crippen LogP contribution in [0.25, 0.3) is 0 Å². The number of hydrogen-bond donors (Lipinski definition) is 1. The first kappa shape index (κ1) is 19.5. The van der Waals surface area contributed by atoms with Gasteiger partial charge >= 0.3 is 0 Å². The topological polar surface area (TPSA) is 107 Å². The summed E-state index contributed by atoms with van der Waals surface area (Å²) in [6, 6.07) is -0.591. The number of anilines is 1. The van der Waals surface area contributed by atoms with Gasteiger partial charge in [0.05, 0.1) is 17.6 Å². The van der Waals surface area contributed by atoms with Gasteiger partial charge in [0.15, 0.2) is 15.7 Å². The second-order valence-electron chi connectivity index (χ2n) is 7.23. The zero-order valence-corrected chi connectivity index (χ0v) is 16.4. The lowest BCUT2D eigenvalue weighted by Crippen LogP contribution is -2.28. The average molecular weight is 391 g/mol. The van der Waals surface area contributed by atoms with E-state index in [0.29, 0.717) is 18.2 Å². The summed E-state index contributed by atoms with van der Waals surface area (Å²) in [6.45, 7) is 3.26. The van der Waals surface area contributed by atoms with Crippen LogP contribution in [0.3, 0.4) is 0 Å². The smallest absolute Gasteiger partial charge is 0.250 e. The molecular formula is C18H25N5O3S. The lowest BCUT2D eigenvalue weighted by Gasteiger charge is -2.20. The lowest BCUT2D eigenvalue weighted by atomic mass is 9.98. The maximum absolute atomic E-state index is 12.9. The average Bonchev–Trinajstić information content (AvgIpc) is 3.32. The van der Waals surface area contributed by atoms with Crippen LogP contribution < -0.4 is 5.32 Å². The largest absolute Gasteiger partial charge is 0.308 e. The van der Waals surface area contributed by atoms with Crippen LogP contribution in [0.1, 0.15) is 52.0 Å². The standard InChI is InChI=1S/C18H25N5O3S/c1-13(2)27(25,26)15-10-21-23(12-15)16(9-14-5-3-4-6-14)18(24)22-17-11-19-7-8-20-17/h7-8,10-14,16H,3-6,9H2,1-2H3,(H,20,22,24). The Bertz CT molecular complexity index is 873. The summed E-state index contributed by atoms with van der Waals surface area (Å²) in [5.74, 6) is 0.525.